The number of nitrogens with zero attached hydrogens (tertiary/aromatic N) is 1. The van der Waals surface area contributed by atoms with Gasteiger partial charge < -0.3 is 9.73 Å². The molecule has 0 unspecified atom stereocenters. The zero-order valence-electron chi connectivity index (χ0n) is 12.2. The summed E-state index contributed by atoms with van der Waals surface area (Å²) in [5.74, 6) is 0.444. The zero-order chi connectivity index (χ0) is 15.0. The van der Waals surface area contributed by atoms with E-state index in [1.807, 2.05) is 26.0 Å². The number of nitrogens with one attached hydrogen (secondary N) is 1. The van der Waals surface area contributed by atoms with Gasteiger partial charge in [0.2, 0.25) is 0 Å². The highest BCUT2D eigenvalue weighted by molar-refractivity contribution is 6.05. The predicted octanol–water partition coefficient (Wildman–Crippen LogP) is 4.01. The zero-order valence-corrected chi connectivity index (χ0v) is 12.2. The summed E-state index contributed by atoms with van der Waals surface area (Å²) in [4.78, 5) is 16.6. The quantitative estimate of drug-likeness (QED) is 0.771. The lowest BCUT2D eigenvalue weighted by Gasteiger charge is -2.07. The molecule has 0 spiro atoms. The number of oxazole rings is 1. The first-order chi connectivity index (χ1) is 10.0. The van der Waals surface area contributed by atoms with Crippen molar-refractivity contribution in [3.63, 3.8) is 0 Å². The average molecular weight is 280 g/mol. The Labute approximate surface area is 122 Å². The van der Waals surface area contributed by atoms with Gasteiger partial charge >= 0.3 is 0 Å². The van der Waals surface area contributed by atoms with Crippen LogP contribution in [-0.4, -0.2) is 10.9 Å². The lowest BCUT2D eigenvalue weighted by atomic mass is 10.1. The lowest BCUT2D eigenvalue weighted by molar-refractivity contribution is 0.102. The highest BCUT2D eigenvalue weighted by atomic mass is 16.3. The first kappa shape index (κ1) is 13.4. The van der Waals surface area contributed by atoms with Crippen molar-refractivity contribution in [2.45, 2.75) is 20.8 Å². The van der Waals surface area contributed by atoms with Gasteiger partial charge in [-0.1, -0.05) is 6.07 Å². The van der Waals surface area contributed by atoms with Crippen LogP contribution in [0.5, 0.6) is 0 Å². The summed E-state index contributed by atoms with van der Waals surface area (Å²) < 4.78 is 5.41. The van der Waals surface area contributed by atoms with Crippen molar-refractivity contribution in [2.24, 2.45) is 0 Å². The van der Waals surface area contributed by atoms with Crippen LogP contribution < -0.4 is 5.32 Å². The van der Waals surface area contributed by atoms with Crippen molar-refractivity contribution in [1.29, 1.82) is 0 Å². The van der Waals surface area contributed by atoms with Crippen molar-refractivity contribution in [3.8, 4) is 0 Å². The van der Waals surface area contributed by atoms with Crippen LogP contribution in [0, 0.1) is 20.8 Å². The predicted molar refractivity (Wildman–Crippen MR) is 82.6 cm³/mol. The third-order valence-corrected chi connectivity index (χ3v) is 3.24. The van der Waals surface area contributed by atoms with Gasteiger partial charge in [0, 0.05) is 18.2 Å². The molecule has 0 saturated heterocycles. The lowest BCUT2D eigenvalue weighted by Crippen LogP contribution is -2.12. The molecule has 0 aliphatic rings. The van der Waals surface area contributed by atoms with E-state index in [4.69, 9.17) is 4.42 Å². The maximum absolute atomic E-state index is 12.3. The van der Waals surface area contributed by atoms with E-state index in [1.165, 1.54) is 0 Å². The molecule has 1 aromatic heterocycles. The number of aryl methyl sites for hydroxylation is 3. The molecule has 21 heavy (non-hydrogen) atoms. The van der Waals surface area contributed by atoms with Gasteiger partial charge in [-0.15, -0.1) is 0 Å². The number of rotatable bonds is 2. The Morgan fingerprint density at radius 3 is 2.48 bits per heavy atom. The van der Waals surface area contributed by atoms with Gasteiger partial charge in [0.25, 0.3) is 5.91 Å². The Bertz CT molecular complexity index is 814. The van der Waals surface area contributed by atoms with Gasteiger partial charge in [0.15, 0.2) is 11.5 Å². The van der Waals surface area contributed by atoms with Gasteiger partial charge in [0.05, 0.1) is 0 Å². The summed E-state index contributed by atoms with van der Waals surface area (Å²) >= 11 is 0. The van der Waals surface area contributed by atoms with E-state index in [-0.39, 0.29) is 5.91 Å². The molecule has 2 aromatic carbocycles. The molecule has 0 fully saturated rings. The topological polar surface area (TPSA) is 55.1 Å². The van der Waals surface area contributed by atoms with Gasteiger partial charge in [-0.25, -0.2) is 4.98 Å². The average Bonchev–Trinajstić information content (AvgIpc) is 2.76. The van der Waals surface area contributed by atoms with Crippen molar-refractivity contribution >= 4 is 22.7 Å². The van der Waals surface area contributed by atoms with Crippen LogP contribution in [0.2, 0.25) is 0 Å². The van der Waals surface area contributed by atoms with Crippen LogP contribution in [0.1, 0.15) is 27.4 Å². The number of aromatic nitrogens is 1. The number of benzene rings is 2. The maximum Gasteiger partial charge on any atom is 0.255 e. The van der Waals surface area contributed by atoms with Crippen molar-refractivity contribution in [3.05, 3.63) is 59.0 Å². The molecule has 1 N–H and O–H groups in total. The summed E-state index contributed by atoms with van der Waals surface area (Å²) in [5, 5.41) is 2.91. The molecule has 1 heterocycles. The molecule has 106 valence electrons. The van der Waals surface area contributed by atoms with E-state index in [2.05, 4.69) is 16.4 Å². The highest BCUT2D eigenvalue weighted by Crippen LogP contribution is 2.19. The molecule has 0 atom stereocenters. The fourth-order valence-electron chi connectivity index (χ4n) is 2.43. The summed E-state index contributed by atoms with van der Waals surface area (Å²) in [5.41, 5.74) is 4.99. The Kier molecular flexibility index (Phi) is 3.22. The number of amides is 1. The molecule has 3 aromatic rings. The molecule has 0 aliphatic heterocycles. The Morgan fingerprint density at radius 1 is 1.05 bits per heavy atom. The second kappa shape index (κ2) is 5.05. The smallest absolute Gasteiger partial charge is 0.255 e. The van der Waals surface area contributed by atoms with Gasteiger partial charge in [-0.3, -0.25) is 4.79 Å². The summed E-state index contributed by atoms with van der Waals surface area (Å²) in [6.45, 7) is 5.80. The molecule has 0 aliphatic carbocycles. The van der Waals surface area contributed by atoms with Gasteiger partial charge in [0.1, 0.15) is 5.52 Å². The van der Waals surface area contributed by atoms with Gasteiger partial charge in [-0.2, -0.15) is 0 Å². The summed E-state index contributed by atoms with van der Waals surface area (Å²) in [7, 11) is 0. The van der Waals surface area contributed by atoms with Crippen molar-refractivity contribution in [2.75, 3.05) is 5.32 Å². The third-order valence-electron chi connectivity index (χ3n) is 3.24. The molecular formula is C17H16N2O2. The minimum absolute atomic E-state index is 0.150. The molecular weight excluding hydrogens is 264 g/mol. The highest BCUT2D eigenvalue weighted by Gasteiger charge is 2.10. The van der Waals surface area contributed by atoms with Crippen molar-refractivity contribution in [1.82, 2.24) is 4.98 Å². The largest absolute Gasteiger partial charge is 0.441 e. The molecule has 3 rings (SSSR count). The van der Waals surface area contributed by atoms with Crippen LogP contribution in [-0.2, 0) is 0 Å². The monoisotopic (exact) mass is 280 g/mol. The maximum atomic E-state index is 12.3. The van der Waals surface area contributed by atoms with Crippen LogP contribution >= 0.6 is 0 Å². The Balaban J connectivity index is 1.89. The van der Waals surface area contributed by atoms with E-state index < -0.39 is 0 Å². The molecule has 0 radical (unpaired) electrons. The molecule has 4 nitrogen and oxygen atoms in total. The fraction of sp³-hybridized carbons (Fsp3) is 0.176. The molecule has 0 bridgehead atoms. The number of fused-ring (bicyclic) bond motifs is 1. The van der Waals surface area contributed by atoms with Crippen LogP contribution in [0.3, 0.4) is 0 Å². The van der Waals surface area contributed by atoms with E-state index in [1.54, 1.807) is 25.1 Å². The molecule has 0 saturated carbocycles. The van der Waals surface area contributed by atoms with Crippen LogP contribution in [0.4, 0.5) is 5.69 Å². The minimum atomic E-state index is -0.150. The Morgan fingerprint density at radius 2 is 1.76 bits per heavy atom. The van der Waals surface area contributed by atoms with Crippen LogP contribution in [0.25, 0.3) is 11.1 Å². The second-order valence-electron chi connectivity index (χ2n) is 5.25. The van der Waals surface area contributed by atoms with E-state index >= 15 is 0 Å². The standard InChI is InChI=1S/C17H16N2O2/c1-10-6-11(2)8-14(7-10)19-17(20)13-4-5-16-15(9-13)18-12(3)21-16/h4-9H,1-3H3,(H,19,20). The number of hydrogen-bond donors (Lipinski definition) is 1. The number of carbonyl (C=O) groups excluding carboxylic acids is 1. The molecule has 1 amide bonds. The number of anilines is 1. The summed E-state index contributed by atoms with van der Waals surface area (Å²) in [6.07, 6.45) is 0. The number of hydrogen-bond acceptors (Lipinski definition) is 3. The fourth-order valence-corrected chi connectivity index (χ4v) is 2.43. The SMILES string of the molecule is Cc1cc(C)cc(NC(=O)c2ccc3oc(C)nc3c2)c1. The van der Waals surface area contributed by atoms with E-state index in [0.29, 0.717) is 22.6 Å². The first-order valence-corrected chi connectivity index (χ1v) is 6.78. The van der Waals surface area contributed by atoms with E-state index in [0.717, 1.165) is 16.8 Å². The van der Waals surface area contributed by atoms with Crippen molar-refractivity contribution < 1.29 is 9.21 Å². The normalized spacial score (nSPS) is 10.8. The number of carbonyl (C=O) groups is 1. The summed E-state index contributed by atoms with van der Waals surface area (Å²) in [6, 6.07) is 11.2. The second-order valence-corrected chi connectivity index (χ2v) is 5.25. The van der Waals surface area contributed by atoms with Gasteiger partial charge in [-0.05, 0) is 55.3 Å². The van der Waals surface area contributed by atoms with Crippen LogP contribution in [0.15, 0.2) is 40.8 Å². The van der Waals surface area contributed by atoms with E-state index in [9.17, 15) is 4.79 Å². The Hall–Kier alpha value is -2.62. The minimum Gasteiger partial charge on any atom is -0.441 e. The third kappa shape index (κ3) is 2.79. The molecule has 4 heteroatoms. The first-order valence-electron chi connectivity index (χ1n) is 6.78.